The van der Waals surface area contributed by atoms with Gasteiger partial charge in [0.25, 0.3) is 0 Å². The van der Waals surface area contributed by atoms with Crippen molar-refractivity contribution in [3.8, 4) is 0 Å². The molecule has 11 heavy (non-hydrogen) atoms. The lowest BCUT2D eigenvalue weighted by Crippen LogP contribution is -2.26. The van der Waals surface area contributed by atoms with Crippen LogP contribution in [0.4, 0.5) is 4.79 Å². The van der Waals surface area contributed by atoms with Crippen molar-refractivity contribution in [2.45, 2.75) is 38.6 Å². The van der Waals surface area contributed by atoms with Crippen molar-refractivity contribution in [2.24, 2.45) is 0 Å². The summed E-state index contributed by atoms with van der Waals surface area (Å²) < 4.78 is 0. The number of hydrogen-bond acceptors (Lipinski definition) is 1. The number of urea groups is 1. The second-order valence-corrected chi connectivity index (χ2v) is 3.05. The fourth-order valence-corrected chi connectivity index (χ4v) is 1.32. The molecule has 1 aliphatic heterocycles. The van der Waals surface area contributed by atoms with Gasteiger partial charge >= 0.3 is 6.03 Å². The van der Waals surface area contributed by atoms with Crippen LogP contribution in [-0.2, 0) is 0 Å². The van der Waals surface area contributed by atoms with Gasteiger partial charge in [0.2, 0.25) is 0 Å². The zero-order valence-corrected chi connectivity index (χ0v) is 7.02. The van der Waals surface area contributed by atoms with Gasteiger partial charge in [-0.15, -0.1) is 0 Å². The predicted octanol–water partition coefficient (Wildman–Crippen LogP) is 1.25. The monoisotopic (exact) mass is 156 g/mol. The van der Waals surface area contributed by atoms with Gasteiger partial charge in [0, 0.05) is 12.6 Å². The van der Waals surface area contributed by atoms with Crippen LogP contribution < -0.4 is 10.6 Å². The Hall–Kier alpha value is -0.730. The molecule has 2 amide bonds. The predicted molar refractivity (Wildman–Crippen MR) is 44.5 cm³/mol. The summed E-state index contributed by atoms with van der Waals surface area (Å²) in [5.41, 5.74) is 0. The molecule has 2 N–H and O–H groups in total. The first-order chi connectivity index (χ1) is 5.33. The van der Waals surface area contributed by atoms with Gasteiger partial charge in [-0.1, -0.05) is 26.2 Å². The molecule has 1 rings (SSSR count). The third-order valence-electron chi connectivity index (χ3n) is 2.00. The van der Waals surface area contributed by atoms with Crippen LogP contribution >= 0.6 is 0 Å². The van der Waals surface area contributed by atoms with Crippen LogP contribution in [0.3, 0.4) is 0 Å². The third-order valence-corrected chi connectivity index (χ3v) is 2.00. The number of amides is 2. The molecule has 1 aliphatic rings. The van der Waals surface area contributed by atoms with E-state index in [0.29, 0.717) is 6.04 Å². The number of hydrogen-bond donors (Lipinski definition) is 2. The standard InChI is InChI=1S/C8H16N2O/c1-2-3-4-5-7-6-9-8(11)10-7/h7H,2-6H2,1H3,(H2,9,10,11). The molecule has 1 saturated heterocycles. The van der Waals surface area contributed by atoms with E-state index in [1.807, 2.05) is 0 Å². The van der Waals surface area contributed by atoms with Gasteiger partial charge in [-0.25, -0.2) is 4.79 Å². The van der Waals surface area contributed by atoms with Gasteiger partial charge in [-0.2, -0.15) is 0 Å². The summed E-state index contributed by atoms with van der Waals surface area (Å²) in [6, 6.07) is 0.376. The van der Waals surface area contributed by atoms with E-state index < -0.39 is 0 Å². The van der Waals surface area contributed by atoms with Crippen LogP contribution in [0.15, 0.2) is 0 Å². The average Bonchev–Trinajstić information content (AvgIpc) is 2.37. The summed E-state index contributed by atoms with van der Waals surface area (Å²) in [5, 5.41) is 5.61. The minimum Gasteiger partial charge on any atom is -0.336 e. The molecule has 0 aromatic rings. The van der Waals surface area contributed by atoms with Crippen molar-refractivity contribution in [2.75, 3.05) is 6.54 Å². The fourth-order valence-electron chi connectivity index (χ4n) is 1.32. The summed E-state index contributed by atoms with van der Waals surface area (Å²) in [5.74, 6) is 0. The smallest absolute Gasteiger partial charge is 0.315 e. The van der Waals surface area contributed by atoms with Gasteiger partial charge in [0.1, 0.15) is 0 Å². The Morgan fingerprint density at radius 2 is 2.36 bits per heavy atom. The SMILES string of the molecule is CCCCCC1CNC(=O)N1. The Kier molecular flexibility index (Phi) is 3.20. The lowest BCUT2D eigenvalue weighted by Gasteiger charge is -2.06. The normalized spacial score (nSPS) is 23.0. The van der Waals surface area contributed by atoms with Crippen molar-refractivity contribution in [1.82, 2.24) is 10.6 Å². The maximum atomic E-state index is 10.7. The molecule has 0 radical (unpaired) electrons. The molecular formula is C8H16N2O. The molecule has 1 fully saturated rings. The van der Waals surface area contributed by atoms with Crippen LogP contribution in [-0.4, -0.2) is 18.6 Å². The van der Waals surface area contributed by atoms with Crippen LogP contribution in [0.5, 0.6) is 0 Å². The lowest BCUT2D eigenvalue weighted by atomic mass is 10.1. The van der Waals surface area contributed by atoms with E-state index in [9.17, 15) is 4.79 Å². The van der Waals surface area contributed by atoms with Crippen molar-refractivity contribution >= 4 is 6.03 Å². The maximum Gasteiger partial charge on any atom is 0.315 e. The Balaban J connectivity index is 2.04. The summed E-state index contributed by atoms with van der Waals surface area (Å²) in [4.78, 5) is 10.7. The second kappa shape index (κ2) is 4.21. The Labute approximate surface area is 67.5 Å². The molecular weight excluding hydrogens is 140 g/mol. The van der Waals surface area contributed by atoms with Gasteiger partial charge in [-0.05, 0) is 6.42 Å². The molecule has 3 nitrogen and oxygen atoms in total. The third kappa shape index (κ3) is 2.78. The zero-order chi connectivity index (χ0) is 8.10. The molecule has 0 spiro atoms. The van der Waals surface area contributed by atoms with E-state index >= 15 is 0 Å². The topological polar surface area (TPSA) is 41.1 Å². The molecule has 3 heteroatoms. The van der Waals surface area contributed by atoms with Crippen molar-refractivity contribution in [3.63, 3.8) is 0 Å². The van der Waals surface area contributed by atoms with Crippen LogP contribution in [0, 0.1) is 0 Å². The molecule has 0 saturated carbocycles. The summed E-state index contributed by atoms with van der Waals surface area (Å²) >= 11 is 0. The van der Waals surface area contributed by atoms with E-state index in [-0.39, 0.29) is 6.03 Å². The average molecular weight is 156 g/mol. The van der Waals surface area contributed by atoms with Crippen LogP contribution in [0.1, 0.15) is 32.6 Å². The number of nitrogens with one attached hydrogen (secondary N) is 2. The Bertz CT molecular complexity index is 136. The second-order valence-electron chi connectivity index (χ2n) is 3.05. The number of carbonyl (C=O) groups is 1. The molecule has 1 unspecified atom stereocenters. The Morgan fingerprint density at radius 3 is 2.91 bits per heavy atom. The van der Waals surface area contributed by atoms with Gasteiger partial charge in [-0.3, -0.25) is 0 Å². The lowest BCUT2D eigenvalue weighted by molar-refractivity contribution is 0.247. The highest BCUT2D eigenvalue weighted by atomic mass is 16.2. The first-order valence-corrected chi connectivity index (χ1v) is 4.37. The maximum absolute atomic E-state index is 10.7. The highest BCUT2D eigenvalue weighted by Crippen LogP contribution is 2.04. The molecule has 0 bridgehead atoms. The summed E-state index contributed by atoms with van der Waals surface area (Å²) in [7, 11) is 0. The minimum atomic E-state index is -0.00787. The van der Waals surface area contributed by atoms with Crippen LogP contribution in [0.25, 0.3) is 0 Å². The first kappa shape index (κ1) is 8.37. The molecule has 0 aromatic heterocycles. The zero-order valence-electron chi connectivity index (χ0n) is 7.02. The first-order valence-electron chi connectivity index (χ1n) is 4.37. The van der Waals surface area contributed by atoms with E-state index in [0.717, 1.165) is 13.0 Å². The Morgan fingerprint density at radius 1 is 1.55 bits per heavy atom. The number of rotatable bonds is 4. The summed E-state index contributed by atoms with van der Waals surface area (Å²) in [6.45, 7) is 2.99. The number of carbonyl (C=O) groups excluding carboxylic acids is 1. The summed E-state index contributed by atoms with van der Waals surface area (Å²) in [6.07, 6.45) is 4.86. The van der Waals surface area contributed by atoms with E-state index in [4.69, 9.17) is 0 Å². The van der Waals surface area contributed by atoms with Gasteiger partial charge in [0.15, 0.2) is 0 Å². The quantitative estimate of drug-likeness (QED) is 0.591. The molecule has 1 atom stereocenters. The fraction of sp³-hybridized carbons (Fsp3) is 0.875. The van der Waals surface area contributed by atoms with Crippen LogP contribution in [0.2, 0.25) is 0 Å². The van der Waals surface area contributed by atoms with Gasteiger partial charge in [0.05, 0.1) is 0 Å². The van der Waals surface area contributed by atoms with Gasteiger partial charge < -0.3 is 10.6 Å². The molecule has 0 aromatic carbocycles. The van der Waals surface area contributed by atoms with E-state index in [2.05, 4.69) is 17.6 Å². The highest BCUT2D eigenvalue weighted by Gasteiger charge is 2.18. The molecule has 1 heterocycles. The van der Waals surface area contributed by atoms with Crippen molar-refractivity contribution in [1.29, 1.82) is 0 Å². The largest absolute Gasteiger partial charge is 0.336 e. The minimum absolute atomic E-state index is 0.00787. The van der Waals surface area contributed by atoms with E-state index in [1.165, 1.54) is 19.3 Å². The molecule has 0 aliphatic carbocycles. The highest BCUT2D eigenvalue weighted by molar-refractivity contribution is 5.76. The van der Waals surface area contributed by atoms with Crippen molar-refractivity contribution < 1.29 is 4.79 Å². The molecule has 64 valence electrons. The number of unbranched alkanes of at least 4 members (excludes halogenated alkanes) is 2. The van der Waals surface area contributed by atoms with E-state index in [1.54, 1.807) is 0 Å². The van der Waals surface area contributed by atoms with Crippen molar-refractivity contribution in [3.05, 3.63) is 0 Å².